The molecule has 0 aliphatic heterocycles. The number of benzene rings is 2. The summed E-state index contributed by atoms with van der Waals surface area (Å²) in [6, 6.07) is 11.6. The fourth-order valence-electron chi connectivity index (χ4n) is 3.42. The highest BCUT2D eigenvalue weighted by molar-refractivity contribution is 7.89. The predicted molar refractivity (Wildman–Crippen MR) is 111 cm³/mol. The highest BCUT2D eigenvalue weighted by Crippen LogP contribution is 2.36. The van der Waals surface area contributed by atoms with Gasteiger partial charge in [0, 0.05) is 30.3 Å². The number of aromatic nitrogens is 2. The summed E-state index contributed by atoms with van der Waals surface area (Å²) in [7, 11) is -2.23. The highest BCUT2D eigenvalue weighted by Gasteiger charge is 2.25. The topological polar surface area (TPSA) is 64.0 Å². The summed E-state index contributed by atoms with van der Waals surface area (Å²) in [5.41, 5.74) is 3.11. The molecule has 0 amide bonds. The van der Waals surface area contributed by atoms with Gasteiger partial charge in [0.1, 0.15) is 0 Å². The molecule has 1 N–H and O–H groups in total. The SMILES string of the molecule is CNS(=O)(=O)c1ccc(Cc2ccc(C(C)(F)F)cc2)c(-c2cn(C3CC3)cn2)c1. The number of hydrogen-bond donors (Lipinski definition) is 1. The van der Waals surface area contributed by atoms with E-state index in [0.717, 1.165) is 36.5 Å². The van der Waals surface area contributed by atoms with Crippen molar-refractivity contribution >= 4 is 10.0 Å². The zero-order valence-electron chi connectivity index (χ0n) is 16.8. The Kier molecular flexibility index (Phi) is 5.23. The van der Waals surface area contributed by atoms with Crippen LogP contribution in [0.25, 0.3) is 11.3 Å². The van der Waals surface area contributed by atoms with Gasteiger partial charge >= 0.3 is 0 Å². The first-order valence-corrected chi connectivity index (χ1v) is 11.2. The normalized spacial score (nSPS) is 14.8. The van der Waals surface area contributed by atoms with Gasteiger partial charge < -0.3 is 4.57 Å². The Labute approximate surface area is 174 Å². The summed E-state index contributed by atoms with van der Waals surface area (Å²) < 4.78 is 56.0. The van der Waals surface area contributed by atoms with Gasteiger partial charge in [0.25, 0.3) is 5.92 Å². The number of nitrogens with one attached hydrogen (secondary N) is 1. The number of halogens is 2. The zero-order valence-corrected chi connectivity index (χ0v) is 17.6. The van der Waals surface area contributed by atoms with E-state index in [-0.39, 0.29) is 10.5 Å². The van der Waals surface area contributed by atoms with Crippen molar-refractivity contribution in [1.29, 1.82) is 0 Å². The maximum absolute atomic E-state index is 13.5. The molecule has 0 bridgehead atoms. The molecule has 1 aliphatic carbocycles. The number of nitrogens with zero attached hydrogens (tertiary/aromatic N) is 2. The Hall–Kier alpha value is -2.58. The lowest BCUT2D eigenvalue weighted by molar-refractivity contribution is 0.0174. The van der Waals surface area contributed by atoms with Crippen molar-refractivity contribution in [3.05, 3.63) is 71.7 Å². The first kappa shape index (κ1) is 20.7. The predicted octanol–water partition coefficient (Wildman–Crippen LogP) is 4.50. The van der Waals surface area contributed by atoms with E-state index in [2.05, 4.69) is 14.3 Å². The fraction of sp³-hybridized carbons (Fsp3) is 0.318. The molecule has 0 unspecified atom stereocenters. The molecule has 0 atom stereocenters. The largest absolute Gasteiger partial charge is 0.334 e. The van der Waals surface area contributed by atoms with Crippen LogP contribution in [0.1, 0.15) is 42.5 Å². The van der Waals surface area contributed by atoms with E-state index in [0.29, 0.717) is 18.2 Å². The molecule has 3 aromatic rings. The van der Waals surface area contributed by atoms with Crippen molar-refractivity contribution in [3.8, 4) is 11.3 Å². The number of alkyl halides is 2. The average molecular weight is 432 g/mol. The van der Waals surface area contributed by atoms with E-state index in [1.165, 1.54) is 19.2 Å². The lowest BCUT2D eigenvalue weighted by Gasteiger charge is -2.13. The lowest BCUT2D eigenvalue weighted by Crippen LogP contribution is -2.18. The zero-order chi connectivity index (χ0) is 21.5. The summed E-state index contributed by atoms with van der Waals surface area (Å²) in [5.74, 6) is -2.89. The molecule has 158 valence electrons. The molecular formula is C22H23F2N3O2S. The molecule has 1 aromatic heterocycles. The molecule has 1 heterocycles. The summed E-state index contributed by atoms with van der Waals surface area (Å²) in [6.07, 6.45) is 6.42. The Bertz CT molecular complexity index is 1160. The van der Waals surface area contributed by atoms with Crippen molar-refractivity contribution in [3.63, 3.8) is 0 Å². The fourth-order valence-corrected chi connectivity index (χ4v) is 4.17. The van der Waals surface area contributed by atoms with E-state index in [4.69, 9.17) is 0 Å². The van der Waals surface area contributed by atoms with Gasteiger partial charge in [0.15, 0.2) is 0 Å². The average Bonchev–Trinajstić information content (AvgIpc) is 3.45. The first-order chi connectivity index (χ1) is 14.2. The molecule has 2 aromatic carbocycles. The lowest BCUT2D eigenvalue weighted by atomic mass is 9.97. The van der Waals surface area contributed by atoms with Crippen molar-refractivity contribution in [2.24, 2.45) is 0 Å². The number of rotatable bonds is 7. The maximum atomic E-state index is 13.5. The summed E-state index contributed by atoms with van der Waals surface area (Å²) in [5, 5.41) is 0. The molecule has 0 saturated heterocycles. The third-order valence-electron chi connectivity index (χ3n) is 5.36. The van der Waals surface area contributed by atoms with Crippen molar-refractivity contribution < 1.29 is 17.2 Å². The third-order valence-corrected chi connectivity index (χ3v) is 6.77. The van der Waals surface area contributed by atoms with Crippen molar-refractivity contribution in [2.75, 3.05) is 7.05 Å². The van der Waals surface area contributed by atoms with Crippen LogP contribution in [0, 0.1) is 0 Å². The number of hydrogen-bond acceptors (Lipinski definition) is 3. The Morgan fingerprint density at radius 2 is 1.87 bits per heavy atom. The second-order valence-corrected chi connectivity index (χ2v) is 9.61. The molecule has 8 heteroatoms. The molecule has 1 aliphatic rings. The van der Waals surface area contributed by atoms with Crippen LogP contribution in [0.5, 0.6) is 0 Å². The minimum absolute atomic E-state index is 0.0369. The molecule has 5 nitrogen and oxygen atoms in total. The van der Waals surface area contributed by atoms with Crippen LogP contribution < -0.4 is 4.72 Å². The van der Waals surface area contributed by atoms with Gasteiger partial charge in [-0.25, -0.2) is 26.9 Å². The van der Waals surface area contributed by atoms with E-state index in [1.807, 2.05) is 6.20 Å². The Morgan fingerprint density at radius 1 is 1.17 bits per heavy atom. The summed E-state index contributed by atoms with van der Waals surface area (Å²) in [6.45, 7) is 0.872. The van der Waals surface area contributed by atoms with Gasteiger partial charge in [-0.2, -0.15) is 0 Å². The Morgan fingerprint density at radius 3 is 2.47 bits per heavy atom. The molecule has 1 saturated carbocycles. The minimum atomic E-state index is -3.61. The van der Waals surface area contributed by atoms with E-state index >= 15 is 0 Å². The van der Waals surface area contributed by atoms with Gasteiger partial charge in [-0.15, -0.1) is 0 Å². The second-order valence-electron chi connectivity index (χ2n) is 7.73. The Balaban J connectivity index is 1.72. The molecule has 1 fully saturated rings. The van der Waals surface area contributed by atoms with Crippen LogP contribution in [-0.4, -0.2) is 25.0 Å². The van der Waals surface area contributed by atoms with Crippen LogP contribution in [0.3, 0.4) is 0 Å². The van der Waals surface area contributed by atoms with Gasteiger partial charge in [0.05, 0.1) is 16.9 Å². The monoisotopic (exact) mass is 431 g/mol. The third kappa shape index (κ3) is 4.29. The van der Waals surface area contributed by atoms with Crippen LogP contribution in [0.2, 0.25) is 0 Å². The quantitative estimate of drug-likeness (QED) is 0.599. The van der Waals surface area contributed by atoms with Gasteiger partial charge in [0.2, 0.25) is 10.0 Å². The van der Waals surface area contributed by atoms with Crippen LogP contribution in [0.4, 0.5) is 8.78 Å². The van der Waals surface area contributed by atoms with Crippen LogP contribution >= 0.6 is 0 Å². The standard InChI is InChI=1S/C22H23F2N3O2S/c1-22(23,24)17-6-3-15(4-7-17)11-16-5-10-19(30(28,29)25-2)12-20(16)21-13-27(14-26-21)18-8-9-18/h3-7,10,12-14,18,25H,8-9,11H2,1-2H3. The number of sulfonamides is 1. The van der Waals surface area contributed by atoms with E-state index in [9.17, 15) is 17.2 Å². The molecule has 0 spiro atoms. The molecule has 30 heavy (non-hydrogen) atoms. The second kappa shape index (κ2) is 7.59. The highest BCUT2D eigenvalue weighted by atomic mass is 32.2. The van der Waals surface area contributed by atoms with E-state index in [1.54, 1.807) is 36.7 Å². The van der Waals surface area contributed by atoms with Gasteiger partial charge in [-0.3, -0.25) is 0 Å². The minimum Gasteiger partial charge on any atom is -0.334 e. The molecule has 4 rings (SSSR count). The van der Waals surface area contributed by atoms with Gasteiger partial charge in [-0.05, 0) is 49.6 Å². The summed E-state index contributed by atoms with van der Waals surface area (Å²) >= 11 is 0. The number of imidazole rings is 1. The first-order valence-electron chi connectivity index (χ1n) is 9.75. The van der Waals surface area contributed by atoms with Crippen molar-refractivity contribution in [2.45, 2.75) is 43.0 Å². The summed E-state index contributed by atoms with van der Waals surface area (Å²) in [4.78, 5) is 4.65. The molecule has 0 radical (unpaired) electrons. The van der Waals surface area contributed by atoms with Crippen LogP contribution in [-0.2, 0) is 22.4 Å². The smallest absolute Gasteiger partial charge is 0.270 e. The van der Waals surface area contributed by atoms with Crippen molar-refractivity contribution in [1.82, 2.24) is 14.3 Å². The van der Waals surface area contributed by atoms with Crippen LogP contribution in [0.15, 0.2) is 59.9 Å². The van der Waals surface area contributed by atoms with Gasteiger partial charge in [-0.1, -0.05) is 30.3 Å². The molecular weight excluding hydrogens is 408 g/mol. The maximum Gasteiger partial charge on any atom is 0.270 e. The van der Waals surface area contributed by atoms with E-state index < -0.39 is 15.9 Å².